The summed E-state index contributed by atoms with van der Waals surface area (Å²) in [6.45, 7) is 3.97. The molecule has 0 spiro atoms. The maximum atomic E-state index is 12.4. The first-order valence-corrected chi connectivity index (χ1v) is 17.9. The highest BCUT2D eigenvalue weighted by molar-refractivity contribution is 5.80. The lowest BCUT2D eigenvalue weighted by atomic mass is 9.99. The van der Waals surface area contributed by atoms with E-state index in [1.807, 2.05) is 0 Å². The van der Waals surface area contributed by atoms with Gasteiger partial charge in [-0.2, -0.15) is 0 Å². The minimum absolute atomic E-state index is 0.374. The summed E-state index contributed by atoms with van der Waals surface area (Å²) in [6.07, 6.45) is 28.7. The molecule has 6 heteroatoms. The molecule has 0 aromatic carbocycles. The van der Waals surface area contributed by atoms with E-state index < -0.39 is 36.9 Å². The minimum Gasteiger partial charge on any atom is -0.394 e. The molecule has 0 bridgehead atoms. The van der Waals surface area contributed by atoms with Crippen molar-refractivity contribution in [3.05, 3.63) is 0 Å². The normalized spacial score (nSPS) is 14.6. The molecule has 0 heterocycles. The molecular formula is C35H71NO5. The fraction of sp³-hybridized carbons (Fsp3) is 0.971. The Balaban J connectivity index is 3.67. The van der Waals surface area contributed by atoms with E-state index in [0.29, 0.717) is 12.8 Å². The van der Waals surface area contributed by atoms with Gasteiger partial charge in [0.25, 0.3) is 0 Å². The Morgan fingerprint density at radius 3 is 1.17 bits per heavy atom. The molecular weight excluding hydrogens is 514 g/mol. The van der Waals surface area contributed by atoms with Crippen LogP contribution in [0.5, 0.6) is 0 Å². The third-order valence-electron chi connectivity index (χ3n) is 8.57. The van der Waals surface area contributed by atoms with Crippen LogP contribution in [0.25, 0.3) is 0 Å². The van der Waals surface area contributed by atoms with Crippen molar-refractivity contribution in [3.63, 3.8) is 0 Å². The number of rotatable bonds is 32. The van der Waals surface area contributed by atoms with Crippen LogP contribution in [-0.4, -0.2) is 57.3 Å². The van der Waals surface area contributed by atoms with Gasteiger partial charge >= 0.3 is 0 Å². The molecule has 1 amide bonds. The summed E-state index contributed by atoms with van der Waals surface area (Å²) in [5, 5.41) is 43.0. The number of unbranched alkanes of at least 4 members (excludes halogenated alkanes) is 23. The Morgan fingerprint density at radius 1 is 0.512 bits per heavy atom. The SMILES string of the molecule is CCCCCCCCCCCCCCCCCCCCCC(O)C(=O)NC(CO)C(O)C(O)CCCCCCCC. The number of hydrogen-bond donors (Lipinski definition) is 5. The third-order valence-corrected chi connectivity index (χ3v) is 8.57. The first kappa shape index (κ1) is 40.3. The molecule has 0 saturated carbocycles. The minimum atomic E-state index is -1.25. The zero-order valence-electron chi connectivity index (χ0n) is 27.3. The summed E-state index contributed by atoms with van der Waals surface area (Å²) < 4.78 is 0. The Bertz CT molecular complexity index is 547. The van der Waals surface area contributed by atoms with Crippen molar-refractivity contribution in [2.45, 2.75) is 212 Å². The molecule has 6 nitrogen and oxygen atoms in total. The average Bonchev–Trinajstić information content (AvgIpc) is 2.98. The quantitative estimate of drug-likeness (QED) is 0.0512. The molecule has 0 rings (SSSR count). The molecule has 0 saturated heterocycles. The number of carbonyl (C=O) groups excluding carboxylic acids is 1. The molecule has 0 fully saturated rings. The molecule has 41 heavy (non-hydrogen) atoms. The number of aliphatic hydroxyl groups excluding tert-OH is 4. The fourth-order valence-corrected chi connectivity index (χ4v) is 5.64. The Kier molecular flexibility index (Phi) is 30.2. The van der Waals surface area contributed by atoms with Gasteiger partial charge in [0.15, 0.2) is 0 Å². The van der Waals surface area contributed by atoms with Crippen LogP contribution < -0.4 is 5.32 Å². The first-order chi connectivity index (χ1) is 20.0. The van der Waals surface area contributed by atoms with Gasteiger partial charge in [0.1, 0.15) is 12.2 Å². The summed E-state index contributed by atoms with van der Waals surface area (Å²) in [7, 11) is 0. The van der Waals surface area contributed by atoms with Crippen LogP contribution in [0.4, 0.5) is 0 Å². The standard InChI is InChI=1S/C35H71NO5/c1-3-5-7-9-11-12-13-14-15-16-17-18-19-20-21-22-23-25-27-29-33(39)35(41)36-31(30-37)34(40)32(38)28-26-24-10-8-6-4-2/h31-34,37-40H,3-30H2,1-2H3,(H,36,41). The van der Waals surface area contributed by atoms with Gasteiger partial charge in [-0.05, 0) is 12.8 Å². The topological polar surface area (TPSA) is 110 Å². The molecule has 0 aromatic heterocycles. The molecule has 0 aliphatic rings. The van der Waals surface area contributed by atoms with Crippen LogP contribution in [0.15, 0.2) is 0 Å². The molecule has 4 atom stereocenters. The molecule has 5 N–H and O–H groups in total. The van der Waals surface area contributed by atoms with E-state index in [2.05, 4.69) is 19.2 Å². The van der Waals surface area contributed by atoms with Crippen molar-refractivity contribution in [2.24, 2.45) is 0 Å². The van der Waals surface area contributed by atoms with Gasteiger partial charge < -0.3 is 25.7 Å². The van der Waals surface area contributed by atoms with Crippen molar-refractivity contribution in [2.75, 3.05) is 6.61 Å². The zero-order chi connectivity index (χ0) is 30.4. The maximum Gasteiger partial charge on any atom is 0.249 e. The third kappa shape index (κ3) is 25.5. The van der Waals surface area contributed by atoms with Crippen molar-refractivity contribution in [1.29, 1.82) is 0 Å². The second-order valence-electron chi connectivity index (χ2n) is 12.6. The lowest BCUT2D eigenvalue weighted by molar-refractivity contribution is -0.132. The van der Waals surface area contributed by atoms with E-state index >= 15 is 0 Å². The zero-order valence-corrected chi connectivity index (χ0v) is 27.3. The monoisotopic (exact) mass is 586 g/mol. The summed E-state index contributed by atoms with van der Waals surface area (Å²) in [5.41, 5.74) is 0. The largest absolute Gasteiger partial charge is 0.394 e. The van der Waals surface area contributed by atoms with Crippen molar-refractivity contribution in [3.8, 4) is 0 Å². The van der Waals surface area contributed by atoms with Gasteiger partial charge in [-0.15, -0.1) is 0 Å². The molecule has 246 valence electrons. The Morgan fingerprint density at radius 2 is 0.829 bits per heavy atom. The molecule has 0 aromatic rings. The lowest BCUT2D eigenvalue weighted by Gasteiger charge is -2.27. The highest BCUT2D eigenvalue weighted by Crippen LogP contribution is 2.16. The number of carbonyl (C=O) groups is 1. The highest BCUT2D eigenvalue weighted by Gasteiger charge is 2.28. The van der Waals surface area contributed by atoms with E-state index in [9.17, 15) is 25.2 Å². The maximum absolute atomic E-state index is 12.4. The summed E-state index contributed by atoms with van der Waals surface area (Å²) in [4.78, 5) is 12.4. The van der Waals surface area contributed by atoms with E-state index in [1.165, 1.54) is 122 Å². The van der Waals surface area contributed by atoms with Gasteiger partial charge in [-0.1, -0.05) is 174 Å². The van der Waals surface area contributed by atoms with Crippen LogP contribution in [0.2, 0.25) is 0 Å². The Hall–Kier alpha value is -0.690. The van der Waals surface area contributed by atoms with Gasteiger partial charge in [0, 0.05) is 0 Å². The highest BCUT2D eigenvalue weighted by atomic mass is 16.3. The number of aliphatic hydroxyl groups is 4. The fourth-order valence-electron chi connectivity index (χ4n) is 5.64. The first-order valence-electron chi connectivity index (χ1n) is 17.9. The molecule has 0 aliphatic heterocycles. The van der Waals surface area contributed by atoms with Crippen LogP contribution in [-0.2, 0) is 4.79 Å². The number of nitrogens with one attached hydrogen (secondary N) is 1. The van der Waals surface area contributed by atoms with Crippen LogP contribution in [0.3, 0.4) is 0 Å². The smallest absolute Gasteiger partial charge is 0.249 e. The predicted octanol–water partition coefficient (Wildman–Crippen LogP) is 8.12. The van der Waals surface area contributed by atoms with Crippen LogP contribution in [0, 0.1) is 0 Å². The predicted molar refractivity (Wildman–Crippen MR) is 173 cm³/mol. The second kappa shape index (κ2) is 30.8. The van der Waals surface area contributed by atoms with E-state index in [1.54, 1.807) is 0 Å². The lowest BCUT2D eigenvalue weighted by Crippen LogP contribution is -2.53. The van der Waals surface area contributed by atoms with Gasteiger partial charge in [0.05, 0.1) is 18.8 Å². The molecule has 4 unspecified atom stereocenters. The van der Waals surface area contributed by atoms with Crippen molar-refractivity contribution < 1.29 is 25.2 Å². The Labute approximate surface area is 254 Å². The van der Waals surface area contributed by atoms with Crippen molar-refractivity contribution >= 4 is 5.91 Å². The van der Waals surface area contributed by atoms with Gasteiger partial charge in [-0.25, -0.2) is 0 Å². The van der Waals surface area contributed by atoms with Crippen LogP contribution >= 0.6 is 0 Å². The van der Waals surface area contributed by atoms with Crippen molar-refractivity contribution in [1.82, 2.24) is 5.32 Å². The average molecular weight is 586 g/mol. The number of hydrogen-bond acceptors (Lipinski definition) is 5. The molecule has 0 aliphatic carbocycles. The van der Waals surface area contributed by atoms with E-state index in [4.69, 9.17) is 0 Å². The number of amides is 1. The van der Waals surface area contributed by atoms with Crippen LogP contribution in [0.1, 0.15) is 187 Å². The van der Waals surface area contributed by atoms with Gasteiger partial charge in [0.2, 0.25) is 5.91 Å². The summed E-state index contributed by atoms with van der Waals surface area (Å²) in [5.74, 6) is -0.586. The summed E-state index contributed by atoms with van der Waals surface area (Å²) >= 11 is 0. The van der Waals surface area contributed by atoms with E-state index in [0.717, 1.165) is 38.5 Å². The second-order valence-corrected chi connectivity index (χ2v) is 12.6. The molecule has 0 radical (unpaired) electrons. The summed E-state index contributed by atoms with van der Waals surface area (Å²) in [6, 6.07) is -0.975. The van der Waals surface area contributed by atoms with Gasteiger partial charge in [-0.3, -0.25) is 4.79 Å². The van der Waals surface area contributed by atoms with E-state index in [-0.39, 0.29) is 0 Å².